The first-order valence-electron chi connectivity index (χ1n) is 8.66. The van der Waals surface area contributed by atoms with Gasteiger partial charge in [-0.3, -0.25) is 14.4 Å². The largest absolute Gasteiger partial charge is 0.381 e. The van der Waals surface area contributed by atoms with Gasteiger partial charge in [0, 0.05) is 51.6 Å². The first-order chi connectivity index (χ1) is 11.0. The summed E-state index contributed by atoms with van der Waals surface area (Å²) >= 11 is 0. The molecule has 2 aliphatic rings. The summed E-state index contributed by atoms with van der Waals surface area (Å²) in [5, 5.41) is 7.33. The van der Waals surface area contributed by atoms with Crippen LogP contribution in [0.15, 0.2) is 12.4 Å². The molecule has 3 rings (SSSR count). The SMILES string of the molecule is CC(C)[C@H]1CN(C2CCOCC2)C[C@@H]1NC(=O)c1cnn(C)c1. The highest BCUT2D eigenvalue weighted by molar-refractivity contribution is 5.93. The molecule has 2 fully saturated rings. The van der Waals surface area contributed by atoms with Gasteiger partial charge in [0.2, 0.25) is 0 Å². The molecular formula is C17H28N4O2. The maximum absolute atomic E-state index is 12.5. The summed E-state index contributed by atoms with van der Waals surface area (Å²) in [6, 6.07) is 0.816. The van der Waals surface area contributed by atoms with E-state index in [2.05, 4.69) is 29.2 Å². The van der Waals surface area contributed by atoms with E-state index >= 15 is 0 Å². The average Bonchev–Trinajstić information content (AvgIpc) is 3.15. The molecule has 1 aromatic rings. The Hall–Kier alpha value is -1.40. The zero-order valence-corrected chi connectivity index (χ0v) is 14.4. The van der Waals surface area contributed by atoms with Crippen LogP contribution in [0.3, 0.4) is 0 Å². The summed E-state index contributed by atoms with van der Waals surface area (Å²) in [7, 11) is 1.83. The third kappa shape index (κ3) is 3.75. The van der Waals surface area contributed by atoms with Gasteiger partial charge in [0.25, 0.3) is 5.91 Å². The van der Waals surface area contributed by atoms with E-state index in [4.69, 9.17) is 4.74 Å². The Kier molecular flexibility index (Phi) is 5.02. The van der Waals surface area contributed by atoms with E-state index in [-0.39, 0.29) is 11.9 Å². The van der Waals surface area contributed by atoms with Crippen molar-refractivity contribution in [3.8, 4) is 0 Å². The molecule has 0 saturated carbocycles. The van der Waals surface area contributed by atoms with Gasteiger partial charge in [-0.15, -0.1) is 0 Å². The molecule has 2 aliphatic heterocycles. The fourth-order valence-electron chi connectivity index (χ4n) is 3.83. The maximum atomic E-state index is 12.5. The third-order valence-corrected chi connectivity index (χ3v) is 5.24. The smallest absolute Gasteiger partial charge is 0.254 e. The highest BCUT2D eigenvalue weighted by Gasteiger charge is 2.38. The molecule has 0 radical (unpaired) electrons. The standard InChI is InChI=1S/C17H28N4O2/c1-12(2)15-10-21(14-4-6-23-7-5-14)11-16(15)19-17(22)13-8-18-20(3)9-13/h8-9,12,14-16H,4-7,10-11H2,1-3H3,(H,19,22)/t15-,16+/m1/s1. The van der Waals surface area contributed by atoms with Crippen molar-refractivity contribution in [2.24, 2.45) is 18.9 Å². The normalized spacial score (nSPS) is 26.8. The Bertz CT molecular complexity index is 536. The number of carbonyl (C=O) groups is 1. The molecule has 1 N–H and O–H groups in total. The number of aryl methyl sites for hydroxylation is 1. The second-order valence-electron chi connectivity index (χ2n) is 7.19. The van der Waals surface area contributed by atoms with Crippen LogP contribution < -0.4 is 5.32 Å². The number of nitrogens with zero attached hydrogens (tertiary/aromatic N) is 3. The molecule has 0 bridgehead atoms. The number of nitrogens with one attached hydrogen (secondary N) is 1. The number of amides is 1. The lowest BCUT2D eigenvalue weighted by molar-refractivity contribution is 0.0401. The molecular weight excluding hydrogens is 292 g/mol. The summed E-state index contributed by atoms with van der Waals surface area (Å²) < 4.78 is 7.14. The Labute approximate surface area is 138 Å². The van der Waals surface area contributed by atoms with Gasteiger partial charge >= 0.3 is 0 Å². The molecule has 0 spiro atoms. The van der Waals surface area contributed by atoms with Crippen molar-refractivity contribution in [3.63, 3.8) is 0 Å². The van der Waals surface area contributed by atoms with Crippen LogP contribution in [0.4, 0.5) is 0 Å². The molecule has 6 nitrogen and oxygen atoms in total. The van der Waals surface area contributed by atoms with Crippen LogP contribution in [0.25, 0.3) is 0 Å². The summed E-state index contributed by atoms with van der Waals surface area (Å²) in [6.45, 7) is 8.24. The van der Waals surface area contributed by atoms with Crippen LogP contribution >= 0.6 is 0 Å². The molecule has 2 atom stereocenters. The minimum atomic E-state index is -0.0115. The van der Waals surface area contributed by atoms with Crippen LogP contribution in [-0.2, 0) is 11.8 Å². The van der Waals surface area contributed by atoms with Crippen molar-refractivity contribution in [2.45, 2.75) is 38.8 Å². The lowest BCUT2D eigenvalue weighted by Gasteiger charge is -2.31. The molecule has 1 aromatic heterocycles. The number of aromatic nitrogens is 2. The number of hydrogen-bond donors (Lipinski definition) is 1. The Morgan fingerprint density at radius 1 is 1.35 bits per heavy atom. The predicted molar refractivity (Wildman–Crippen MR) is 88.2 cm³/mol. The van der Waals surface area contributed by atoms with Crippen molar-refractivity contribution in [2.75, 3.05) is 26.3 Å². The van der Waals surface area contributed by atoms with Gasteiger partial charge in [0.15, 0.2) is 0 Å². The first kappa shape index (κ1) is 16.5. The van der Waals surface area contributed by atoms with Crippen LogP contribution in [0.1, 0.15) is 37.0 Å². The minimum absolute atomic E-state index is 0.0115. The molecule has 3 heterocycles. The molecule has 23 heavy (non-hydrogen) atoms. The Morgan fingerprint density at radius 2 is 2.09 bits per heavy atom. The van der Waals surface area contributed by atoms with Gasteiger partial charge < -0.3 is 10.1 Å². The van der Waals surface area contributed by atoms with Gasteiger partial charge in [0.05, 0.1) is 11.8 Å². The lowest BCUT2D eigenvalue weighted by atomic mass is 9.91. The monoisotopic (exact) mass is 320 g/mol. The second-order valence-corrected chi connectivity index (χ2v) is 7.19. The zero-order valence-electron chi connectivity index (χ0n) is 14.4. The Balaban J connectivity index is 1.65. The van der Waals surface area contributed by atoms with Crippen LogP contribution in [0.2, 0.25) is 0 Å². The highest BCUT2D eigenvalue weighted by Crippen LogP contribution is 2.28. The van der Waals surface area contributed by atoms with Crippen molar-refractivity contribution >= 4 is 5.91 Å². The fraction of sp³-hybridized carbons (Fsp3) is 0.765. The summed E-state index contributed by atoms with van der Waals surface area (Å²) in [6.07, 6.45) is 5.61. The van der Waals surface area contributed by atoms with E-state index in [0.29, 0.717) is 23.4 Å². The molecule has 128 valence electrons. The number of ether oxygens (including phenoxy) is 1. The zero-order chi connectivity index (χ0) is 16.4. The van der Waals surface area contributed by atoms with Crippen molar-refractivity contribution in [3.05, 3.63) is 18.0 Å². The molecule has 0 aromatic carbocycles. The van der Waals surface area contributed by atoms with E-state index in [9.17, 15) is 4.79 Å². The number of rotatable bonds is 4. The van der Waals surface area contributed by atoms with Crippen molar-refractivity contribution in [1.29, 1.82) is 0 Å². The molecule has 6 heteroatoms. The quantitative estimate of drug-likeness (QED) is 0.908. The average molecular weight is 320 g/mol. The van der Waals surface area contributed by atoms with Gasteiger partial charge in [-0.05, 0) is 24.7 Å². The topological polar surface area (TPSA) is 59.4 Å². The third-order valence-electron chi connectivity index (χ3n) is 5.24. The van der Waals surface area contributed by atoms with E-state index in [1.54, 1.807) is 17.1 Å². The number of carbonyl (C=O) groups excluding carboxylic acids is 1. The van der Waals surface area contributed by atoms with Crippen LogP contribution in [-0.4, -0.2) is 59.0 Å². The second kappa shape index (κ2) is 7.01. The minimum Gasteiger partial charge on any atom is -0.381 e. The summed E-state index contributed by atoms with van der Waals surface area (Å²) in [5.74, 6) is 1.04. The van der Waals surface area contributed by atoms with Gasteiger partial charge in [-0.2, -0.15) is 5.10 Å². The first-order valence-corrected chi connectivity index (χ1v) is 8.66. The highest BCUT2D eigenvalue weighted by atomic mass is 16.5. The molecule has 2 saturated heterocycles. The summed E-state index contributed by atoms with van der Waals surface area (Å²) in [5.41, 5.74) is 0.638. The number of hydrogen-bond acceptors (Lipinski definition) is 4. The van der Waals surface area contributed by atoms with Gasteiger partial charge in [-0.25, -0.2) is 0 Å². The molecule has 1 amide bonds. The van der Waals surface area contributed by atoms with Crippen LogP contribution in [0.5, 0.6) is 0 Å². The van der Waals surface area contributed by atoms with E-state index in [0.717, 1.165) is 39.1 Å². The van der Waals surface area contributed by atoms with Gasteiger partial charge in [0.1, 0.15) is 0 Å². The maximum Gasteiger partial charge on any atom is 0.254 e. The predicted octanol–water partition coefficient (Wildman–Crippen LogP) is 1.29. The number of likely N-dealkylation sites (tertiary alicyclic amines) is 1. The van der Waals surface area contributed by atoms with E-state index < -0.39 is 0 Å². The van der Waals surface area contributed by atoms with Gasteiger partial charge in [-0.1, -0.05) is 13.8 Å². The fourth-order valence-corrected chi connectivity index (χ4v) is 3.83. The van der Waals surface area contributed by atoms with E-state index in [1.807, 2.05) is 7.05 Å². The Morgan fingerprint density at radius 3 is 2.70 bits per heavy atom. The summed E-state index contributed by atoms with van der Waals surface area (Å²) in [4.78, 5) is 15.0. The van der Waals surface area contributed by atoms with Crippen LogP contribution in [0, 0.1) is 11.8 Å². The van der Waals surface area contributed by atoms with E-state index in [1.165, 1.54) is 0 Å². The van der Waals surface area contributed by atoms with Crippen molar-refractivity contribution < 1.29 is 9.53 Å². The van der Waals surface area contributed by atoms with Crippen molar-refractivity contribution in [1.82, 2.24) is 20.0 Å². The lowest BCUT2D eigenvalue weighted by Crippen LogP contribution is -2.43. The molecule has 0 unspecified atom stereocenters. The molecule has 0 aliphatic carbocycles.